The Labute approximate surface area is 227 Å². The molecule has 6 atom stereocenters. The van der Waals surface area contributed by atoms with E-state index in [9.17, 15) is 10.2 Å². The summed E-state index contributed by atoms with van der Waals surface area (Å²) >= 11 is 0. The fourth-order valence-electron chi connectivity index (χ4n) is 4.50. The Hall–Kier alpha value is -1.62. The molecule has 0 aromatic heterocycles. The largest absolute Gasteiger partial charge is 0.390 e. The monoisotopic (exact) mass is 542 g/mol. The highest BCUT2D eigenvalue weighted by Gasteiger charge is 2.44. The van der Waals surface area contributed by atoms with Crippen molar-refractivity contribution in [2.24, 2.45) is 10.2 Å². The second-order valence-electron chi connectivity index (χ2n) is 10.00. The summed E-state index contributed by atoms with van der Waals surface area (Å²) in [5.74, 6) is 0. The number of methoxy groups -OCH3 is 1. The minimum absolute atomic E-state index is 0.0639. The number of rotatable bonds is 24. The van der Waals surface area contributed by atoms with Crippen LogP contribution in [0.25, 0.3) is 20.9 Å². The van der Waals surface area contributed by atoms with E-state index in [1.165, 1.54) is 77.0 Å². The number of nitrogens with zero attached hydrogens (tertiary/aromatic N) is 6. The third kappa shape index (κ3) is 15.1. The van der Waals surface area contributed by atoms with Gasteiger partial charge in [-0.2, -0.15) is 0 Å². The molecule has 0 aromatic carbocycles. The third-order valence-corrected chi connectivity index (χ3v) is 6.90. The Kier molecular flexibility index (Phi) is 21.1. The van der Waals surface area contributed by atoms with Crippen LogP contribution < -0.4 is 0 Å². The maximum Gasteiger partial charge on any atom is 0.169 e. The van der Waals surface area contributed by atoms with Crippen molar-refractivity contribution >= 4 is 0 Å². The molecule has 0 aliphatic carbocycles. The summed E-state index contributed by atoms with van der Waals surface area (Å²) < 4.78 is 22.5. The van der Waals surface area contributed by atoms with Crippen molar-refractivity contribution in [2.45, 2.75) is 134 Å². The average Bonchev–Trinajstić information content (AvgIpc) is 2.92. The van der Waals surface area contributed by atoms with Gasteiger partial charge in [0.2, 0.25) is 0 Å². The van der Waals surface area contributed by atoms with Crippen LogP contribution in [0.4, 0.5) is 0 Å². The van der Waals surface area contributed by atoms with E-state index in [2.05, 4.69) is 27.0 Å². The van der Waals surface area contributed by atoms with Crippen LogP contribution in [-0.2, 0) is 18.9 Å². The van der Waals surface area contributed by atoms with E-state index >= 15 is 0 Å². The number of aliphatic hydroxyl groups is 2. The van der Waals surface area contributed by atoms with Crippen LogP contribution in [0.5, 0.6) is 0 Å². The molecule has 0 bridgehead atoms. The van der Waals surface area contributed by atoms with E-state index in [0.717, 1.165) is 12.8 Å². The van der Waals surface area contributed by atoms with Crippen LogP contribution >= 0.6 is 0 Å². The molecule has 38 heavy (non-hydrogen) atoms. The number of ether oxygens (including phenoxy) is 4. The van der Waals surface area contributed by atoms with Crippen molar-refractivity contribution in [3.05, 3.63) is 20.9 Å². The van der Waals surface area contributed by atoms with Crippen molar-refractivity contribution in [2.75, 3.05) is 33.5 Å². The zero-order valence-corrected chi connectivity index (χ0v) is 23.4. The van der Waals surface area contributed by atoms with Gasteiger partial charge in [-0.1, -0.05) is 101 Å². The first-order chi connectivity index (χ1) is 18.6. The number of aliphatic hydroxyl groups excluding tert-OH is 2. The average molecular weight is 543 g/mol. The molecule has 1 saturated heterocycles. The van der Waals surface area contributed by atoms with Crippen LogP contribution in [0, 0.1) is 0 Å². The van der Waals surface area contributed by atoms with Gasteiger partial charge in [0.1, 0.15) is 18.2 Å². The Balaban J connectivity index is 2.15. The fraction of sp³-hybridized carbons (Fsp3) is 1.00. The summed E-state index contributed by atoms with van der Waals surface area (Å²) in [6, 6.07) is -1.16. The normalized spacial score (nSPS) is 23.9. The lowest BCUT2D eigenvalue weighted by Crippen LogP contribution is -2.58. The molecule has 1 rings (SSSR count). The standard InChI is InChI=1S/C26H50N6O6/c1-3-4-5-6-7-8-9-10-11-12-13-14-15-16-17-36-19-21(35-2)20-37-26-23(30-32-28)25(34)24(33)22(38-26)18-29-31-27/h21-26,33-34H,3-20H2,1-2H3/t21-,22?,23?,24-,25-,26+/m1/s1. The second-order valence-corrected chi connectivity index (χ2v) is 10.00. The summed E-state index contributed by atoms with van der Waals surface area (Å²) in [6.45, 7) is 3.08. The fourth-order valence-corrected chi connectivity index (χ4v) is 4.50. The predicted octanol–water partition coefficient (Wildman–Crippen LogP) is 5.95. The Morgan fingerprint density at radius 3 is 1.92 bits per heavy atom. The van der Waals surface area contributed by atoms with Gasteiger partial charge in [0, 0.05) is 23.5 Å². The van der Waals surface area contributed by atoms with E-state index in [0.29, 0.717) is 13.2 Å². The smallest absolute Gasteiger partial charge is 0.169 e. The summed E-state index contributed by atoms with van der Waals surface area (Å²) in [5.41, 5.74) is 17.3. The maximum atomic E-state index is 10.3. The van der Waals surface area contributed by atoms with E-state index in [1.54, 1.807) is 7.11 Å². The summed E-state index contributed by atoms with van der Waals surface area (Å²) in [6.07, 6.45) is 13.0. The van der Waals surface area contributed by atoms with Gasteiger partial charge in [-0.15, -0.1) is 0 Å². The van der Waals surface area contributed by atoms with E-state index < -0.39 is 36.7 Å². The van der Waals surface area contributed by atoms with Gasteiger partial charge < -0.3 is 29.2 Å². The molecule has 0 amide bonds. The van der Waals surface area contributed by atoms with Crippen LogP contribution in [0.2, 0.25) is 0 Å². The van der Waals surface area contributed by atoms with Crippen LogP contribution in [0.1, 0.15) is 96.8 Å². The Morgan fingerprint density at radius 1 is 0.816 bits per heavy atom. The van der Waals surface area contributed by atoms with Crippen LogP contribution in [-0.4, -0.2) is 80.4 Å². The molecule has 0 radical (unpaired) electrons. The minimum atomic E-state index is -1.43. The van der Waals surface area contributed by atoms with Crippen molar-refractivity contribution in [1.82, 2.24) is 0 Å². The topological polar surface area (TPSA) is 175 Å². The van der Waals surface area contributed by atoms with Gasteiger partial charge in [-0.05, 0) is 17.5 Å². The molecule has 1 aliphatic rings. The molecule has 2 N–H and O–H groups in total. The highest BCUT2D eigenvalue weighted by Crippen LogP contribution is 2.25. The quantitative estimate of drug-likeness (QED) is 0.0659. The molecular formula is C26H50N6O6. The van der Waals surface area contributed by atoms with Crippen molar-refractivity contribution in [1.29, 1.82) is 0 Å². The minimum Gasteiger partial charge on any atom is -0.390 e. The molecule has 220 valence electrons. The predicted molar refractivity (Wildman–Crippen MR) is 146 cm³/mol. The number of azide groups is 2. The van der Waals surface area contributed by atoms with Gasteiger partial charge >= 0.3 is 0 Å². The number of unbranched alkanes of at least 4 members (excludes halogenated alkanes) is 13. The first kappa shape index (κ1) is 34.4. The third-order valence-electron chi connectivity index (χ3n) is 6.90. The van der Waals surface area contributed by atoms with Crippen molar-refractivity contribution < 1.29 is 29.2 Å². The molecule has 12 nitrogen and oxygen atoms in total. The van der Waals surface area contributed by atoms with Gasteiger partial charge in [-0.3, -0.25) is 0 Å². The summed E-state index contributed by atoms with van der Waals surface area (Å²) in [7, 11) is 1.54. The molecule has 0 aromatic rings. The molecule has 1 aliphatic heterocycles. The zero-order chi connectivity index (χ0) is 27.8. The molecule has 0 spiro atoms. The van der Waals surface area contributed by atoms with Gasteiger partial charge in [0.05, 0.1) is 32.0 Å². The van der Waals surface area contributed by atoms with Crippen LogP contribution in [0.3, 0.4) is 0 Å². The zero-order valence-electron chi connectivity index (χ0n) is 23.4. The Bertz CT molecular complexity index is 675. The lowest BCUT2D eigenvalue weighted by atomic mass is 9.97. The summed E-state index contributed by atoms with van der Waals surface area (Å²) in [4.78, 5) is 5.35. The number of hydrogen-bond donors (Lipinski definition) is 2. The molecule has 12 heteroatoms. The van der Waals surface area contributed by atoms with Crippen LogP contribution in [0.15, 0.2) is 10.2 Å². The van der Waals surface area contributed by atoms with Crippen molar-refractivity contribution in [3.8, 4) is 0 Å². The molecular weight excluding hydrogens is 492 g/mol. The first-order valence-electron chi connectivity index (χ1n) is 14.4. The van der Waals surface area contributed by atoms with E-state index in [1.807, 2.05) is 0 Å². The maximum absolute atomic E-state index is 10.3. The molecule has 1 fully saturated rings. The highest BCUT2D eigenvalue weighted by molar-refractivity contribution is 4.94. The molecule has 2 unspecified atom stereocenters. The van der Waals surface area contributed by atoms with Crippen molar-refractivity contribution in [3.63, 3.8) is 0 Å². The van der Waals surface area contributed by atoms with Gasteiger partial charge in [0.25, 0.3) is 0 Å². The van der Waals surface area contributed by atoms with E-state index in [-0.39, 0.29) is 13.2 Å². The SMILES string of the molecule is CCCCCCCCCCCCCCCCOC[C@H](CO[C@H]1OC(CN=[N+]=[N-])[C@@H](O)[C@H](O)C1N=[N+]=[N-])OC. The number of hydrogen-bond acceptors (Lipinski definition) is 8. The van der Waals surface area contributed by atoms with Gasteiger partial charge in [0.15, 0.2) is 6.29 Å². The second kappa shape index (κ2) is 23.3. The molecule has 0 saturated carbocycles. The lowest BCUT2D eigenvalue weighted by Gasteiger charge is -2.40. The first-order valence-corrected chi connectivity index (χ1v) is 14.4. The summed E-state index contributed by atoms with van der Waals surface area (Å²) in [5, 5.41) is 27.4. The Morgan fingerprint density at radius 2 is 1.39 bits per heavy atom. The molecule has 1 heterocycles. The lowest BCUT2D eigenvalue weighted by molar-refractivity contribution is -0.263. The van der Waals surface area contributed by atoms with E-state index in [4.69, 9.17) is 30.0 Å². The highest BCUT2D eigenvalue weighted by atomic mass is 16.7. The van der Waals surface area contributed by atoms with Gasteiger partial charge in [-0.25, -0.2) is 0 Å².